The van der Waals surface area contributed by atoms with Crippen molar-refractivity contribution >= 4 is 5.91 Å². The van der Waals surface area contributed by atoms with Gasteiger partial charge in [-0.3, -0.25) is 9.78 Å². The number of carbonyl (C=O) groups excluding carboxylic acids is 1. The molecule has 1 amide bonds. The highest BCUT2D eigenvalue weighted by Crippen LogP contribution is 2.17. The van der Waals surface area contributed by atoms with Crippen molar-refractivity contribution in [3.8, 4) is 0 Å². The molecule has 0 radical (unpaired) electrons. The van der Waals surface area contributed by atoms with Gasteiger partial charge in [-0.05, 0) is 25.0 Å². The fourth-order valence-corrected chi connectivity index (χ4v) is 2.08. The molecule has 1 aromatic rings. The summed E-state index contributed by atoms with van der Waals surface area (Å²) in [5.74, 6) is -0.122. The van der Waals surface area contributed by atoms with Crippen LogP contribution in [0.25, 0.3) is 0 Å². The molecule has 0 unspecified atom stereocenters. The molecule has 1 aliphatic carbocycles. The molecule has 0 spiro atoms. The Bertz CT molecular complexity index is 353. The Hall–Kier alpha value is -1.42. The lowest BCUT2D eigenvalue weighted by Gasteiger charge is -2.29. The number of hydrogen-bond acceptors (Lipinski definition) is 3. The largest absolute Gasteiger partial charge is 0.346 e. The van der Waals surface area contributed by atoms with Crippen LogP contribution in [0.1, 0.15) is 36.2 Å². The first-order valence-corrected chi connectivity index (χ1v) is 5.75. The average Bonchev–Trinajstić information content (AvgIpc) is 2.33. The van der Waals surface area contributed by atoms with Crippen LogP contribution in [0.2, 0.25) is 0 Å². The summed E-state index contributed by atoms with van der Waals surface area (Å²) in [6.07, 6.45) is 5.89. The highest BCUT2D eigenvalue weighted by Gasteiger charge is 2.23. The van der Waals surface area contributed by atoms with Crippen molar-refractivity contribution in [1.29, 1.82) is 0 Å². The summed E-state index contributed by atoms with van der Waals surface area (Å²) in [6.45, 7) is 0. The quantitative estimate of drug-likeness (QED) is 0.782. The molecule has 0 aliphatic heterocycles. The fourth-order valence-electron chi connectivity index (χ4n) is 2.08. The molecule has 0 aromatic carbocycles. The molecule has 1 heterocycles. The van der Waals surface area contributed by atoms with Crippen LogP contribution in [0.15, 0.2) is 24.4 Å². The van der Waals surface area contributed by atoms with E-state index in [1.807, 2.05) is 6.07 Å². The molecule has 16 heavy (non-hydrogen) atoms. The maximum Gasteiger partial charge on any atom is 0.270 e. The first kappa shape index (κ1) is 11.1. The molecule has 2 rings (SSSR count). The normalized spacial score (nSPS) is 25.1. The van der Waals surface area contributed by atoms with Crippen LogP contribution in [0.3, 0.4) is 0 Å². The van der Waals surface area contributed by atoms with Gasteiger partial charge in [0.25, 0.3) is 5.91 Å². The van der Waals surface area contributed by atoms with Gasteiger partial charge in [0, 0.05) is 18.3 Å². The van der Waals surface area contributed by atoms with Gasteiger partial charge >= 0.3 is 0 Å². The van der Waals surface area contributed by atoms with E-state index in [1.165, 1.54) is 0 Å². The van der Waals surface area contributed by atoms with Crippen LogP contribution in [0.4, 0.5) is 0 Å². The van der Waals surface area contributed by atoms with E-state index in [-0.39, 0.29) is 18.0 Å². The lowest BCUT2D eigenvalue weighted by molar-refractivity contribution is 0.0916. The second-order valence-electron chi connectivity index (χ2n) is 4.24. The predicted octanol–water partition coefficient (Wildman–Crippen LogP) is 1.08. The van der Waals surface area contributed by atoms with Crippen molar-refractivity contribution in [2.75, 3.05) is 0 Å². The Labute approximate surface area is 95.3 Å². The highest BCUT2D eigenvalue weighted by atomic mass is 16.1. The summed E-state index contributed by atoms with van der Waals surface area (Å²) < 4.78 is 0. The molecule has 4 nitrogen and oxygen atoms in total. The number of aromatic nitrogens is 1. The summed E-state index contributed by atoms with van der Waals surface area (Å²) >= 11 is 0. The minimum Gasteiger partial charge on any atom is -0.346 e. The second-order valence-corrected chi connectivity index (χ2v) is 4.24. The van der Waals surface area contributed by atoms with Crippen LogP contribution < -0.4 is 11.1 Å². The van der Waals surface area contributed by atoms with Gasteiger partial charge in [-0.2, -0.15) is 0 Å². The highest BCUT2D eigenvalue weighted by molar-refractivity contribution is 5.92. The maximum atomic E-state index is 11.8. The Morgan fingerprint density at radius 2 is 2.19 bits per heavy atom. The smallest absolute Gasteiger partial charge is 0.270 e. The zero-order chi connectivity index (χ0) is 11.4. The van der Waals surface area contributed by atoms with Gasteiger partial charge in [0.05, 0.1) is 0 Å². The van der Waals surface area contributed by atoms with Crippen LogP contribution in [0, 0.1) is 0 Å². The van der Waals surface area contributed by atoms with Gasteiger partial charge in [-0.25, -0.2) is 0 Å². The van der Waals surface area contributed by atoms with Crippen molar-refractivity contribution in [3.63, 3.8) is 0 Å². The first-order chi connectivity index (χ1) is 7.77. The molecule has 4 heteroatoms. The molecular weight excluding hydrogens is 202 g/mol. The van der Waals surface area contributed by atoms with Crippen LogP contribution in [-0.4, -0.2) is 23.0 Å². The summed E-state index contributed by atoms with van der Waals surface area (Å²) in [5, 5.41) is 2.96. The molecule has 2 atom stereocenters. The summed E-state index contributed by atoms with van der Waals surface area (Å²) in [5.41, 5.74) is 6.43. The fraction of sp³-hybridized carbons (Fsp3) is 0.500. The third kappa shape index (κ3) is 2.58. The molecule has 86 valence electrons. The van der Waals surface area contributed by atoms with E-state index in [1.54, 1.807) is 18.3 Å². The van der Waals surface area contributed by atoms with E-state index in [4.69, 9.17) is 5.73 Å². The molecule has 1 aromatic heterocycles. The summed E-state index contributed by atoms with van der Waals surface area (Å²) in [6, 6.07) is 5.50. The van der Waals surface area contributed by atoms with Gasteiger partial charge in [-0.15, -0.1) is 0 Å². The number of nitrogens with one attached hydrogen (secondary N) is 1. The molecular formula is C12H17N3O. The van der Waals surface area contributed by atoms with Crippen molar-refractivity contribution in [3.05, 3.63) is 30.1 Å². The molecule has 1 saturated carbocycles. The molecule has 3 N–H and O–H groups in total. The molecule has 0 bridgehead atoms. The molecule has 0 saturated heterocycles. The van der Waals surface area contributed by atoms with Gasteiger partial charge in [0.2, 0.25) is 0 Å². The number of rotatable bonds is 2. The zero-order valence-corrected chi connectivity index (χ0v) is 9.23. The van der Waals surface area contributed by atoms with E-state index >= 15 is 0 Å². The third-order valence-electron chi connectivity index (χ3n) is 3.03. The Kier molecular flexibility index (Phi) is 3.51. The average molecular weight is 219 g/mol. The third-order valence-corrected chi connectivity index (χ3v) is 3.03. The van der Waals surface area contributed by atoms with Crippen molar-refractivity contribution in [2.45, 2.75) is 37.8 Å². The van der Waals surface area contributed by atoms with Crippen LogP contribution in [-0.2, 0) is 0 Å². The molecule has 1 aliphatic rings. The Morgan fingerprint density at radius 3 is 2.88 bits per heavy atom. The van der Waals surface area contributed by atoms with Gasteiger partial charge in [0.15, 0.2) is 0 Å². The van der Waals surface area contributed by atoms with E-state index in [2.05, 4.69) is 10.3 Å². The topological polar surface area (TPSA) is 68.0 Å². The maximum absolute atomic E-state index is 11.8. The standard InChI is InChI=1S/C12H17N3O/c13-9-5-1-2-6-10(9)15-12(16)11-7-3-4-8-14-11/h3-4,7-10H,1-2,5-6,13H2,(H,15,16)/t9-,10-/m1/s1. The number of nitrogens with two attached hydrogens (primary N) is 1. The predicted molar refractivity (Wildman–Crippen MR) is 61.9 cm³/mol. The Morgan fingerprint density at radius 1 is 1.38 bits per heavy atom. The van der Waals surface area contributed by atoms with E-state index in [9.17, 15) is 4.79 Å². The van der Waals surface area contributed by atoms with E-state index in [0.29, 0.717) is 5.69 Å². The lowest BCUT2D eigenvalue weighted by Crippen LogP contribution is -2.49. The number of hydrogen-bond donors (Lipinski definition) is 2. The number of nitrogens with zero attached hydrogens (tertiary/aromatic N) is 1. The first-order valence-electron chi connectivity index (χ1n) is 5.75. The number of carbonyl (C=O) groups is 1. The van der Waals surface area contributed by atoms with Crippen LogP contribution in [0.5, 0.6) is 0 Å². The SMILES string of the molecule is N[C@@H]1CCCC[C@H]1NC(=O)c1ccccn1. The monoisotopic (exact) mass is 219 g/mol. The number of amides is 1. The summed E-state index contributed by atoms with van der Waals surface area (Å²) in [7, 11) is 0. The van der Waals surface area contributed by atoms with Gasteiger partial charge < -0.3 is 11.1 Å². The van der Waals surface area contributed by atoms with Crippen molar-refractivity contribution < 1.29 is 4.79 Å². The van der Waals surface area contributed by atoms with Crippen molar-refractivity contribution in [1.82, 2.24) is 10.3 Å². The van der Waals surface area contributed by atoms with Gasteiger partial charge in [0.1, 0.15) is 5.69 Å². The number of pyridine rings is 1. The van der Waals surface area contributed by atoms with Gasteiger partial charge in [-0.1, -0.05) is 18.9 Å². The Balaban J connectivity index is 1.96. The van der Waals surface area contributed by atoms with Crippen LogP contribution >= 0.6 is 0 Å². The second kappa shape index (κ2) is 5.07. The van der Waals surface area contributed by atoms with Crippen molar-refractivity contribution in [2.24, 2.45) is 5.73 Å². The van der Waals surface area contributed by atoms with E-state index < -0.39 is 0 Å². The summed E-state index contributed by atoms with van der Waals surface area (Å²) in [4.78, 5) is 15.8. The van der Waals surface area contributed by atoms with E-state index in [0.717, 1.165) is 25.7 Å². The molecule has 1 fully saturated rings. The minimum absolute atomic E-state index is 0.0846. The minimum atomic E-state index is -0.122. The zero-order valence-electron chi connectivity index (χ0n) is 9.23. The lowest BCUT2D eigenvalue weighted by atomic mass is 9.91.